The van der Waals surface area contributed by atoms with Crippen molar-refractivity contribution in [3.8, 4) is 0 Å². The van der Waals surface area contributed by atoms with Crippen LogP contribution in [0.5, 0.6) is 0 Å². The van der Waals surface area contributed by atoms with Crippen molar-refractivity contribution in [2.75, 3.05) is 19.8 Å². The molecule has 1 aliphatic carbocycles. The van der Waals surface area contributed by atoms with Gasteiger partial charge >= 0.3 is 0 Å². The molecule has 1 atom stereocenters. The Bertz CT molecular complexity index is 622. The smallest absolute Gasteiger partial charge is 0.271 e. The molecular weight excluding hydrogens is 332 g/mol. The summed E-state index contributed by atoms with van der Waals surface area (Å²) in [6, 6.07) is 0.352. The molecule has 2 heterocycles. The third-order valence-corrected chi connectivity index (χ3v) is 5.34. The molecule has 0 aromatic carbocycles. The molecule has 1 aromatic rings. The summed E-state index contributed by atoms with van der Waals surface area (Å²) < 4.78 is 7.24. The Kier molecular flexibility index (Phi) is 6.66. The van der Waals surface area contributed by atoms with Gasteiger partial charge in [-0.25, -0.2) is 4.98 Å². The lowest BCUT2D eigenvalue weighted by molar-refractivity contribution is -0.126. The molecule has 0 saturated heterocycles. The number of carbonyl (C=O) groups excluding carboxylic acids is 2. The van der Waals surface area contributed by atoms with Crippen molar-refractivity contribution in [3.05, 3.63) is 17.7 Å². The van der Waals surface area contributed by atoms with Crippen LogP contribution >= 0.6 is 0 Å². The number of ether oxygens (including phenoxy) is 1. The van der Waals surface area contributed by atoms with Gasteiger partial charge in [-0.15, -0.1) is 0 Å². The summed E-state index contributed by atoms with van der Waals surface area (Å²) in [7, 11) is 0. The maximum absolute atomic E-state index is 12.5. The van der Waals surface area contributed by atoms with Gasteiger partial charge in [0.1, 0.15) is 5.69 Å². The molecule has 1 aliphatic heterocycles. The average Bonchev–Trinajstić information content (AvgIpc) is 3.30. The standard InChI is InChI=1S/C19H30N4O3/c1-2-26-11-5-10-20-19(25)17-16-9-8-14(12-23(16)13-21-17)18(24)22-15-6-3-4-7-15/h13-15H,2-12H2,1H3,(H,20,25)(H,22,24). The number of nitrogens with one attached hydrogen (secondary N) is 2. The number of imidazole rings is 1. The predicted molar refractivity (Wildman–Crippen MR) is 97.9 cm³/mol. The van der Waals surface area contributed by atoms with Crippen molar-refractivity contribution in [2.24, 2.45) is 5.92 Å². The second-order valence-electron chi connectivity index (χ2n) is 7.22. The first kappa shape index (κ1) is 18.9. The SMILES string of the molecule is CCOCCCNC(=O)c1ncn2c1CCC(C(=O)NC1CCCC1)C2. The molecule has 1 aromatic heterocycles. The largest absolute Gasteiger partial charge is 0.382 e. The molecule has 2 N–H and O–H groups in total. The third-order valence-electron chi connectivity index (χ3n) is 5.34. The van der Waals surface area contributed by atoms with Crippen LogP contribution in [0.1, 0.15) is 61.6 Å². The summed E-state index contributed by atoms with van der Waals surface area (Å²) in [4.78, 5) is 29.1. The summed E-state index contributed by atoms with van der Waals surface area (Å²) in [6.07, 6.45) is 8.59. The zero-order valence-electron chi connectivity index (χ0n) is 15.6. The van der Waals surface area contributed by atoms with E-state index in [1.165, 1.54) is 12.8 Å². The van der Waals surface area contributed by atoms with E-state index in [0.29, 0.717) is 44.5 Å². The number of amides is 2. The normalized spacial score (nSPS) is 20.0. The highest BCUT2D eigenvalue weighted by Gasteiger charge is 2.30. The van der Waals surface area contributed by atoms with Crippen molar-refractivity contribution in [1.82, 2.24) is 20.2 Å². The molecule has 1 fully saturated rings. The number of carbonyl (C=O) groups is 2. The molecule has 144 valence electrons. The molecule has 0 radical (unpaired) electrons. The molecular formula is C19H30N4O3. The Hall–Kier alpha value is -1.89. The monoisotopic (exact) mass is 362 g/mol. The van der Waals surface area contributed by atoms with Gasteiger partial charge in [-0.3, -0.25) is 9.59 Å². The highest BCUT2D eigenvalue weighted by atomic mass is 16.5. The van der Waals surface area contributed by atoms with Crippen LogP contribution in [0.2, 0.25) is 0 Å². The zero-order chi connectivity index (χ0) is 18.4. The molecule has 7 heteroatoms. The highest BCUT2D eigenvalue weighted by Crippen LogP contribution is 2.24. The Morgan fingerprint density at radius 3 is 2.88 bits per heavy atom. The van der Waals surface area contributed by atoms with Gasteiger partial charge in [0.05, 0.1) is 17.9 Å². The fourth-order valence-corrected chi connectivity index (χ4v) is 3.86. The van der Waals surface area contributed by atoms with Gasteiger partial charge in [-0.2, -0.15) is 0 Å². The molecule has 0 bridgehead atoms. The van der Waals surface area contributed by atoms with Crippen LogP contribution < -0.4 is 10.6 Å². The van der Waals surface area contributed by atoms with Gasteiger partial charge in [-0.1, -0.05) is 12.8 Å². The summed E-state index contributed by atoms with van der Waals surface area (Å²) in [5.74, 6) is -0.0123. The van der Waals surface area contributed by atoms with E-state index in [9.17, 15) is 9.59 Å². The lowest BCUT2D eigenvalue weighted by atomic mass is 9.95. The Morgan fingerprint density at radius 2 is 2.12 bits per heavy atom. The fraction of sp³-hybridized carbons (Fsp3) is 0.737. The maximum Gasteiger partial charge on any atom is 0.271 e. The number of hydrogen-bond acceptors (Lipinski definition) is 4. The van der Waals surface area contributed by atoms with Gasteiger partial charge < -0.3 is 19.9 Å². The molecule has 2 amide bonds. The number of hydrogen-bond donors (Lipinski definition) is 2. The van der Waals surface area contributed by atoms with Gasteiger partial charge in [0.15, 0.2) is 0 Å². The van der Waals surface area contributed by atoms with Crippen molar-refractivity contribution in [1.29, 1.82) is 0 Å². The number of fused-ring (bicyclic) bond motifs is 1. The van der Waals surface area contributed by atoms with Crippen molar-refractivity contribution >= 4 is 11.8 Å². The molecule has 1 unspecified atom stereocenters. The van der Waals surface area contributed by atoms with Crippen LogP contribution in [0.25, 0.3) is 0 Å². The first-order chi connectivity index (χ1) is 12.7. The van der Waals surface area contributed by atoms with Crippen LogP contribution in [0.15, 0.2) is 6.33 Å². The maximum atomic E-state index is 12.5. The molecule has 2 aliphatic rings. The second-order valence-corrected chi connectivity index (χ2v) is 7.22. The minimum absolute atomic E-state index is 0.0283. The zero-order valence-corrected chi connectivity index (χ0v) is 15.6. The third kappa shape index (κ3) is 4.63. The van der Waals surface area contributed by atoms with E-state index >= 15 is 0 Å². The van der Waals surface area contributed by atoms with Crippen molar-refractivity contribution in [3.63, 3.8) is 0 Å². The second kappa shape index (κ2) is 9.16. The molecule has 0 spiro atoms. The first-order valence-corrected chi connectivity index (χ1v) is 9.89. The van der Waals surface area contributed by atoms with Crippen LogP contribution in [-0.4, -0.2) is 47.2 Å². The van der Waals surface area contributed by atoms with Crippen molar-refractivity contribution in [2.45, 2.75) is 64.5 Å². The first-order valence-electron chi connectivity index (χ1n) is 9.89. The van der Waals surface area contributed by atoms with Crippen LogP contribution in [0.3, 0.4) is 0 Å². The van der Waals surface area contributed by atoms with E-state index < -0.39 is 0 Å². The van der Waals surface area contributed by atoms with Crippen LogP contribution in [0, 0.1) is 5.92 Å². The minimum atomic E-state index is -0.135. The topological polar surface area (TPSA) is 85.2 Å². The minimum Gasteiger partial charge on any atom is -0.382 e. The summed E-state index contributed by atoms with van der Waals surface area (Å²) >= 11 is 0. The van der Waals surface area contributed by atoms with E-state index in [0.717, 1.165) is 31.4 Å². The lowest BCUT2D eigenvalue weighted by Crippen LogP contribution is -2.40. The molecule has 3 rings (SSSR count). The van der Waals surface area contributed by atoms with E-state index in [4.69, 9.17) is 4.74 Å². The summed E-state index contributed by atoms with van der Waals surface area (Å²) in [6.45, 7) is 4.49. The van der Waals surface area contributed by atoms with E-state index in [1.54, 1.807) is 6.33 Å². The summed E-state index contributed by atoms with van der Waals surface area (Å²) in [5, 5.41) is 6.09. The van der Waals surface area contributed by atoms with E-state index in [-0.39, 0.29) is 17.7 Å². The summed E-state index contributed by atoms with van der Waals surface area (Å²) in [5.41, 5.74) is 1.44. The molecule has 7 nitrogen and oxygen atoms in total. The Labute approximate surface area is 154 Å². The number of nitrogens with zero attached hydrogens (tertiary/aromatic N) is 2. The van der Waals surface area contributed by atoms with E-state index in [2.05, 4.69) is 15.6 Å². The van der Waals surface area contributed by atoms with Gasteiger partial charge in [-0.05, 0) is 39.0 Å². The van der Waals surface area contributed by atoms with Gasteiger partial charge in [0.2, 0.25) is 5.91 Å². The molecule has 1 saturated carbocycles. The average molecular weight is 362 g/mol. The predicted octanol–water partition coefficient (Wildman–Crippen LogP) is 1.66. The van der Waals surface area contributed by atoms with Crippen molar-refractivity contribution < 1.29 is 14.3 Å². The number of rotatable bonds is 8. The van der Waals surface area contributed by atoms with E-state index in [1.807, 2.05) is 11.5 Å². The lowest BCUT2D eigenvalue weighted by Gasteiger charge is -2.25. The fourth-order valence-electron chi connectivity index (χ4n) is 3.86. The molecule has 26 heavy (non-hydrogen) atoms. The Morgan fingerprint density at radius 1 is 1.31 bits per heavy atom. The highest BCUT2D eigenvalue weighted by molar-refractivity contribution is 5.93. The van der Waals surface area contributed by atoms with Crippen LogP contribution in [-0.2, 0) is 22.5 Å². The number of aromatic nitrogens is 2. The Balaban J connectivity index is 1.51. The van der Waals surface area contributed by atoms with Gasteiger partial charge in [0.25, 0.3) is 5.91 Å². The quantitative estimate of drug-likeness (QED) is 0.689. The van der Waals surface area contributed by atoms with Crippen LogP contribution in [0.4, 0.5) is 0 Å². The van der Waals surface area contributed by atoms with Gasteiger partial charge in [0, 0.05) is 32.3 Å².